The van der Waals surface area contributed by atoms with Crippen molar-refractivity contribution in [3.63, 3.8) is 0 Å². The van der Waals surface area contributed by atoms with Gasteiger partial charge in [0, 0.05) is 12.5 Å². The standard InChI is InChI=1S/C16H20FNO2/c17-13-5-2-4-12(9-13)16(7-8-16)15(20)18-10-11-3-1-6-14(11)19/h2,4-5,9,11,14,19H,1,3,6-8,10H2,(H,18,20). The molecule has 108 valence electrons. The van der Waals surface area contributed by atoms with Gasteiger partial charge in [-0.2, -0.15) is 0 Å². The molecule has 3 nitrogen and oxygen atoms in total. The molecule has 2 aliphatic rings. The van der Waals surface area contributed by atoms with Crippen LogP contribution < -0.4 is 5.32 Å². The molecule has 1 aromatic carbocycles. The second kappa shape index (κ2) is 5.17. The molecule has 0 spiro atoms. The molecule has 0 radical (unpaired) electrons. The van der Waals surface area contributed by atoms with Gasteiger partial charge in [0.1, 0.15) is 5.82 Å². The van der Waals surface area contributed by atoms with Crippen molar-refractivity contribution in [3.05, 3.63) is 35.6 Å². The Hall–Kier alpha value is -1.42. The smallest absolute Gasteiger partial charge is 0.230 e. The number of aliphatic hydroxyl groups is 1. The van der Waals surface area contributed by atoms with Crippen LogP contribution >= 0.6 is 0 Å². The quantitative estimate of drug-likeness (QED) is 0.886. The summed E-state index contributed by atoms with van der Waals surface area (Å²) in [5.41, 5.74) is 0.230. The lowest BCUT2D eigenvalue weighted by Crippen LogP contribution is -2.39. The number of carbonyl (C=O) groups excluding carboxylic acids is 1. The zero-order chi connectivity index (χ0) is 14.2. The Morgan fingerprint density at radius 2 is 2.20 bits per heavy atom. The summed E-state index contributed by atoms with van der Waals surface area (Å²) in [7, 11) is 0. The second-order valence-corrected chi connectivity index (χ2v) is 6.06. The molecule has 0 saturated heterocycles. The number of aliphatic hydroxyl groups excluding tert-OH is 1. The molecule has 2 saturated carbocycles. The average molecular weight is 277 g/mol. The number of rotatable bonds is 4. The largest absolute Gasteiger partial charge is 0.393 e. The van der Waals surface area contributed by atoms with E-state index in [1.165, 1.54) is 12.1 Å². The highest BCUT2D eigenvalue weighted by Crippen LogP contribution is 2.48. The van der Waals surface area contributed by atoms with E-state index in [0.29, 0.717) is 6.54 Å². The van der Waals surface area contributed by atoms with E-state index in [0.717, 1.165) is 37.7 Å². The van der Waals surface area contributed by atoms with E-state index in [1.807, 2.05) is 6.07 Å². The molecule has 3 rings (SSSR count). The lowest BCUT2D eigenvalue weighted by molar-refractivity contribution is -0.123. The Bertz CT molecular complexity index is 513. The van der Waals surface area contributed by atoms with Gasteiger partial charge in [0.2, 0.25) is 5.91 Å². The van der Waals surface area contributed by atoms with Crippen molar-refractivity contribution < 1.29 is 14.3 Å². The summed E-state index contributed by atoms with van der Waals surface area (Å²) >= 11 is 0. The Kier molecular flexibility index (Phi) is 3.50. The van der Waals surface area contributed by atoms with E-state index in [4.69, 9.17) is 0 Å². The molecular weight excluding hydrogens is 257 g/mol. The van der Waals surface area contributed by atoms with Crippen LogP contribution in [-0.4, -0.2) is 23.7 Å². The topological polar surface area (TPSA) is 49.3 Å². The van der Waals surface area contributed by atoms with Gasteiger partial charge in [0.15, 0.2) is 0 Å². The molecule has 2 unspecified atom stereocenters. The summed E-state index contributed by atoms with van der Waals surface area (Å²) in [6.07, 6.45) is 4.07. The van der Waals surface area contributed by atoms with Crippen molar-refractivity contribution >= 4 is 5.91 Å². The number of halogens is 1. The first kappa shape index (κ1) is 13.6. The minimum absolute atomic E-state index is 0.0257. The molecule has 0 bridgehead atoms. The summed E-state index contributed by atoms with van der Waals surface area (Å²) < 4.78 is 13.3. The predicted octanol–water partition coefficient (Wildman–Crippen LogP) is 2.13. The third-order valence-corrected chi connectivity index (χ3v) is 4.71. The number of hydrogen-bond donors (Lipinski definition) is 2. The van der Waals surface area contributed by atoms with Crippen LogP contribution in [-0.2, 0) is 10.2 Å². The summed E-state index contributed by atoms with van der Waals surface area (Å²) in [5, 5.41) is 12.7. The van der Waals surface area contributed by atoms with Gasteiger partial charge in [-0.15, -0.1) is 0 Å². The maximum Gasteiger partial charge on any atom is 0.230 e. The van der Waals surface area contributed by atoms with Crippen molar-refractivity contribution in [2.75, 3.05) is 6.54 Å². The van der Waals surface area contributed by atoms with E-state index in [2.05, 4.69) is 5.32 Å². The van der Waals surface area contributed by atoms with Crippen molar-refractivity contribution in [2.45, 2.75) is 43.6 Å². The van der Waals surface area contributed by atoms with E-state index >= 15 is 0 Å². The van der Waals surface area contributed by atoms with Gasteiger partial charge in [0.05, 0.1) is 11.5 Å². The molecule has 2 N–H and O–H groups in total. The van der Waals surface area contributed by atoms with Gasteiger partial charge in [-0.1, -0.05) is 18.6 Å². The number of hydrogen-bond acceptors (Lipinski definition) is 2. The zero-order valence-electron chi connectivity index (χ0n) is 11.4. The fourth-order valence-electron chi connectivity index (χ4n) is 3.21. The van der Waals surface area contributed by atoms with Gasteiger partial charge < -0.3 is 10.4 Å². The Morgan fingerprint density at radius 3 is 2.80 bits per heavy atom. The summed E-state index contributed by atoms with van der Waals surface area (Å²) in [5.74, 6) is -0.155. The second-order valence-electron chi connectivity index (χ2n) is 6.06. The maximum absolute atomic E-state index is 13.3. The lowest BCUT2D eigenvalue weighted by atomic mass is 9.94. The maximum atomic E-state index is 13.3. The molecule has 2 atom stereocenters. The van der Waals surface area contributed by atoms with E-state index in [-0.39, 0.29) is 23.7 Å². The average Bonchev–Trinajstić information content (AvgIpc) is 3.15. The lowest BCUT2D eigenvalue weighted by Gasteiger charge is -2.19. The van der Waals surface area contributed by atoms with E-state index in [1.54, 1.807) is 6.07 Å². The van der Waals surface area contributed by atoms with Crippen LogP contribution in [0.5, 0.6) is 0 Å². The van der Waals surface area contributed by atoms with Gasteiger partial charge >= 0.3 is 0 Å². The van der Waals surface area contributed by atoms with Crippen molar-refractivity contribution in [1.82, 2.24) is 5.32 Å². The van der Waals surface area contributed by atoms with Crippen LogP contribution in [0.2, 0.25) is 0 Å². The number of amides is 1. The third kappa shape index (κ3) is 2.44. The Morgan fingerprint density at radius 1 is 1.40 bits per heavy atom. The first-order valence-electron chi connectivity index (χ1n) is 7.34. The zero-order valence-corrected chi connectivity index (χ0v) is 11.4. The van der Waals surface area contributed by atoms with Crippen LogP contribution in [0.25, 0.3) is 0 Å². The first-order valence-corrected chi connectivity index (χ1v) is 7.34. The minimum Gasteiger partial charge on any atom is -0.393 e. The molecule has 1 aromatic rings. The molecule has 1 amide bonds. The van der Waals surface area contributed by atoms with Gasteiger partial charge in [0.25, 0.3) is 0 Å². The fourth-order valence-corrected chi connectivity index (χ4v) is 3.21. The molecule has 0 aromatic heterocycles. The summed E-state index contributed by atoms with van der Waals surface area (Å²) in [4.78, 5) is 12.4. The molecule has 0 aliphatic heterocycles. The molecule has 0 heterocycles. The van der Waals surface area contributed by atoms with Crippen LogP contribution in [0.1, 0.15) is 37.7 Å². The minimum atomic E-state index is -0.536. The summed E-state index contributed by atoms with van der Waals surface area (Å²) in [6, 6.07) is 6.32. The van der Waals surface area contributed by atoms with Crippen LogP contribution in [0, 0.1) is 11.7 Å². The molecule has 20 heavy (non-hydrogen) atoms. The van der Waals surface area contributed by atoms with Crippen LogP contribution in [0.15, 0.2) is 24.3 Å². The highest BCUT2D eigenvalue weighted by molar-refractivity contribution is 5.91. The van der Waals surface area contributed by atoms with Crippen LogP contribution in [0.3, 0.4) is 0 Å². The summed E-state index contributed by atoms with van der Waals surface area (Å²) in [6.45, 7) is 0.525. The molecule has 2 aliphatic carbocycles. The van der Waals surface area contributed by atoms with Crippen LogP contribution in [0.4, 0.5) is 4.39 Å². The molecule has 4 heteroatoms. The molecule has 2 fully saturated rings. The first-order chi connectivity index (χ1) is 9.62. The van der Waals surface area contributed by atoms with Crippen molar-refractivity contribution in [2.24, 2.45) is 5.92 Å². The number of nitrogens with one attached hydrogen (secondary N) is 1. The van der Waals surface area contributed by atoms with Gasteiger partial charge in [-0.05, 0) is 43.4 Å². The SMILES string of the molecule is O=C(NCC1CCCC1O)C1(c2cccc(F)c2)CC1. The van der Waals surface area contributed by atoms with Crippen molar-refractivity contribution in [3.8, 4) is 0 Å². The normalized spacial score (nSPS) is 27.3. The highest BCUT2D eigenvalue weighted by atomic mass is 19.1. The number of benzene rings is 1. The number of carbonyl (C=O) groups is 1. The van der Waals surface area contributed by atoms with E-state index < -0.39 is 5.41 Å². The van der Waals surface area contributed by atoms with Crippen molar-refractivity contribution in [1.29, 1.82) is 0 Å². The highest BCUT2D eigenvalue weighted by Gasteiger charge is 2.51. The monoisotopic (exact) mass is 277 g/mol. The third-order valence-electron chi connectivity index (χ3n) is 4.71. The Balaban J connectivity index is 1.64. The molecular formula is C16H20FNO2. The van der Waals surface area contributed by atoms with Gasteiger partial charge in [-0.25, -0.2) is 4.39 Å². The predicted molar refractivity (Wildman–Crippen MR) is 73.7 cm³/mol. The van der Waals surface area contributed by atoms with Gasteiger partial charge in [-0.3, -0.25) is 4.79 Å². The fraction of sp³-hybridized carbons (Fsp3) is 0.562. The Labute approximate surface area is 118 Å². The van der Waals surface area contributed by atoms with E-state index in [9.17, 15) is 14.3 Å².